The first-order valence-corrected chi connectivity index (χ1v) is 4.43. The Labute approximate surface area is 67.3 Å². The van der Waals surface area contributed by atoms with Gasteiger partial charge in [0.05, 0.1) is 0 Å². The Morgan fingerprint density at radius 1 is 1.27 bits per heavy atom. The molecule has 2 aliphatic heterocycles. The van der Waals surface area contributed by atoms with Crippen LogP contribution in [0.4, 0.5) is 0 Å². The minimum absolute atomic E-state index is 0.351. The van der Waals surface area contributed by atoms with Crippen LogP contribution in [-0.2, 0) is 0 Å². The van der Waals surface area contributed by atoms with Gasteiger partial charge in [0.25, 0.3) is 0 Å². The molecule has 0 radical (unpaired) electrons. The summed E-state index contributed by atoms with van der Waals surface area (Å²) in [4.78, 5) is 2.47. The van der Waals surface area contributed by atoms with Crippen LogP contribution in [0.2, 0.25) is 0 Å². The Bertz CT molecular complexity index is 137. The molecule has 2 heterocycles. The average molecular weight is 156 g/mol. The molecular formula is C8H16N2O. The van der Waals surface area contributed by atoms with Crippen LogP contribution in [0.3, 0.4) is 0 Å². The van der Waals surface area contributed by atoms with Crippen LogP contribution >= 0.6 is 0 Å². The molecule has 11 heavy (non-hydrogen) atoms. The second-order valence-electron chi connectivity index (χ2n) is 3.85. The first-order chi connectivity index (χ1) is 5.31. The van der Waals surface area contributed by atoms with Gasteiger partial charge in [-0.25, -0.2) is 5.48 Å². The summed E-state index contributed by atoms with van der Waals surface area (Å²) in [5.41, 5.74) is 2.40. The second kappa shape index (κ2) is 2.73. The van der Waals surface area contributed by atoms with Gasteiger partial charge in [0.1, 0.15) is 0 Å². The van der Waals surface area contributed by atoms with E-state index in [0.29, 0.717) is 6.04 Å². The van der Waals surface area contributed by atoms with Crippen LogP contribution in [0, 0.1) is 0 Å². The maximum atomic E-state index is 8.77. The van der Waals surface area contributed by atoms with E-state index in [0.717, 1.165) is 24.9 Å². The molecule has 2 aliphatic rings. The van der Waals surface area contributed by atoms with Gasteiger partial charge in [-0.2, -0.15) is 0 Å². The minimum Gasteiger partial charge on any atom is -0.317 e. The van der Waals surface area contributed by atoms with Crippen LogP contribution in [0.5, 0.6) is 0 Å². The number of hydrogen-bond acceptors (Lipinski definition) is 3. The van der Waals surface area contributed by atoms with Crippen molar-refractivity contribution in [1.29, 1.82) is 0 Å². The molecule has 2 N–H and O–H groups in total. The number of piperidine rings is 1. The lowest BCUT2D eigenvalue weighted by molar-refractivity contribution is 0.0608. The Hall–Kier alpha value is -0.120. The number of hydrogen-bond donors (Lipinski definition) is 2. The van der Waals surface area contributed by atoms with Crippen molar-refractivity contribution in [2.24, 2.45) is 0 Å². The lowest BCUT2D eigenvalue weighted by Crippen LogP contribution is -2.46. The summed E-state index contributed by atoms with van der Waals surface area (Å²) in [6, 6.07) is 1.79. The fourth-order valence-corrected chi connectivity index (χ4v) is 2.52. The van der Waals surface area contributed by atoms with E-state index < -0.39 is 0 Å². The Kier molecular flexibility index (Phi) is 1.87. The van der Waals surface area contributed by atoms with Crippen LogP contribution < -0.4 is 5.48 Å². The summed E-state index contributed by atoms with van der Waals surface area (Å²) >= 11 is 0. The average Bonchev–Trinajstić information content (AvgIpc) is 2.26. The van der Waals surface area contributed by atoms with Gasteiger partial charge < -0.3 is 10.1 Å². The smallest absolute Gasteiger partial charge is 0.0349 e. The fraction of sp³-hybridized carbons (Fsp3) is 1.00. The summed E-state index contributed by atoms with van der Waals surface area (Å²) in [5.74, 6) is 0. The molecule has 3 nitrogen and oxygen atoms in total. The third-order valence-electron chi connectivity index (χ3n) is 3.28. The van der Waals surface area contributed by atoms with Gasteiger partial charge in [-0.3, -0.25) is 0 Å². The van der Waals surface area contributed by atoms with Crippen LogP contribution in [0.25, 0.3) is 0 Å². The van der Waals surface area contributed by atoms with Crippen molar-refractivity contribution in [2.45, 2.75) is 43.8 Å². The molecule has 0 aromatic heterocycles. The normalized spacial score (nSPS) is 44.7. The number of hydroxylamine groups is 1. The molecule has 2 fully saturated rings. The van der Waals surface area contributed by atoms with Crippen molar-refractivity contribution >= 4 is 0 Å². The zero-order valence-electron chi connectivity index (χ0n) is 6.95. The summed E-state index contributed by atoms with van der Waals surface area (Å²) in [5, 5.41) is 8.77. The summed E-state index contributed by atoms with van der Waals surface area (Å²) in [6.07, 6.45) is 4.87. The SMILES string of the molecule is CN1C2CCC1CC(NO)C2. The van der Waals surface area contributed by atoms with E-state index in [1.54, 1.807) is 0 Å². The summed E-state index contributed by atoms with van der Waals surface area (Å²) < 4.78 is 0. The largest absolute Gasteiger partial charge is 0.317 e. The third kappa shape index (κ3) is 1.17. The van der Waals surface area contributed by atoms with Crippen LogP contribution in [0.15, 0.2) is 0 Å². The van der Waals surface area contributed by atoms with Crippen molar-refractivity contribution in [3.05, 3.63) is 0 Å². The third-order valence-corrected chi connectivity index (χ3v) is 3.28. The van der Waals surface area contributed by atoms with Gasteiger partial charge in [-0.05, 0) is 32.7 Å². The van der Waals surface area contributed by atoms with Crippen LogP contribution in [-0.4, -0.2) is 35.3 Å². The highest BCUT2D eigenvalue weighted by Gasteiger charge is 2.37. The maximum absolute atomic E-state index is 8.77. The molecule has 0 aromatic rings. The van der Waals surface area contributed by atoms with Crippen molar-refractivity contribution in [3.63, 3.8) is 0 Å². The second-order valence-corrected chi connectivity index (χ2v) is 3.85. The van der Waals surface area contributed by atoms with Crippen molar-refractivity contribution in [1.82, 2.24) is 10.4 Å². The van der Waals surface area contributed by atoms with E-state index in [-0.39, 0.29) is 0 Å². The highest BCUT2D eigenvalue weighted by atomic mass is 16.5. The molecule has 2 rings (SSSR count). The number of rotatable bonds is 1. The molecular weight excluding hydrogens is 140 g/mol. The van der Waals surface area contributed by atoms with E-state index in [4.69, 9.17) is 5.21 Å². The lowest BCUT2D eigenvalue weighted by atomic mass is 9.99. The Morgan fingerprint density at radius 2 is 1.82 bits per heavy atom. The van der Waals surface area contributed by atoms with Gasteiger partial charge in [-0.15, -0.1) is 0 Å². The molecule has 64 valence electrons. The molecule has 0 aromatic carbocycles. The zero-order valence-corrected chi connectivity index (χ0v) is 6.95. The number of fused-ring (bicyclic) bond motifs is 2. The summed E-state index contributed by atoms with van der Waals surface area (Å²) in [6.45, 7) is 0. The van der Waals surface area contributed by atoms with E-state index in [9.17, 15) is 0 Å². The Morgan fingerprint density at radius 3 is 2.27 bits per heavy atom. The van der Waals surface area contributed by atoms with Gasteiger partial charge >= 0.3 is 0 Å². The van der Waals surface area contributed by atoms with Crippen LogP contribution in [0.1, 0.15) is 25.7 Å². The van der Waals surface area contributed by atoms with E-state index in [1.807, 2.05) is 0 Å². The molecule has 2 unspecified atom stereocenters. The van der Waals surface area contributed by atoms with Gasteiger partial charge in [0.15, 0.2) is 0 Å². The van der Waals surface area contributed by atoms with E-state index >= 15 is 0 Å². The molecule has 3 heteroatoms. The molecule has 0 spiro atoms. The van der Waals surface area contributed by atoms with Gasteiger partial charge in [-0.1, -0.05) is 0 Å². The number of nitrogens with zero attached hydrogens (tertiary/aromatic N) is 1. The summed E-state index contributed by atoms with van der Waals surface area (Å²) in [7, 11) is 2.20. The molecule has 2 bridgehead atoms. The topological polar surface area (TPSA) is 35.5 Å². The molecule has 0 amide bonds. The fourth-order valence-electron chi connectivity index (χ4n) is 2.52. The molecule has 0 aliphatic carbocycles. The van der Waals surface area contributed by atoms with Gasteiger partial charge in [0, 0.05) is 18.1 Å². The quantitative estimate of drug-likeness (QED) is 0.545. The van der Waals surface area contributed by atoms with E-state index in [1.165, 1.54) is 12.8 Å². The first kappa shape index (κ1) is 7.53. The Balaban J connectivity index is 2.02. The highest BCUT2D eigenvalue weighted by Crippen LogP contribution is 2.33. The highest BCUT2D eigenvalue weighted by molar-refractivity contribution is 4.94. The predicted molar refractivity (Wildman–Crippen MR) is 42.5 cm³/mol. The number of nitrogens with one attached hydrogen (secondary N) is 1. The first-order valence-electron chi connectivity index (χ1n) is 4.43. The molecule has 2 saturated heterocycles. The van der Waals surface area contributed by atoms with Gasteiger partial charge in [0.2, 0.25) is 0 Å². The monoisotopic (exact) mass is 156 g/mol. The van der Waals surface area contributed by atoms with E-state index in [2.05, 4.69) is 17.4 Å². The molecule has 0 saturated carbocycles. The molecule has 2 atom stereocenters. The lowest BCUT2D eigenvalue weighted by Gasteiger charge is -2.35. The predicted octanol–water partition coefficient (Wildman–Crippen LogP) is 0.590. The standard InChI is InChI=1S/C8H16N2O/c1-10-7-2-3-8(10)5-6(4-7)9-11/h6-9,11H,2-5H2,1H3. The van der Waals surface area contributed by atoms with Crippen molar-refractivity contribution in [2.75, 3.05) is 7.05 Å². The van der Waals surface area contributed by atoms with Crippen molar-refractivity contribution < 1.29 is 5.21 Å². The maximum Gasteiger partial charge on any atom is 0.0349 e. The zero-order chi connectivity index (χ0) is 7.84. The van der Waals surface area contributed by atoms with Crippen molar-refractivity contribution in [3.8, 4) is 0 Å². The minimum atomic E-state index is 0.351.